The molecule has 1 fully saturated rings. The summed E-state index contributed by atoms with van der Waals surface area (Å²) in [4.78, 5) is 16.3. The van der Waals surface area contributed by atoms with Crippen LogP contribution in [-0.2, 0) is 11.0 Å². The second kappa shape index (κ2) is 8.53. The highest BCUT2D eigenvalue weighted by atomic mass is 35.5. The van der Waals surface area contributed by atoms with Crippen LogP contribution in [0, 0.1) is 5.92 Å². The predicted molar refractivity (Wildman–Crippen MR) is 119 cm³/mol. The molecular weight excluding hydrogens is 469 g/mol. The fourth-order valence-electron chi connectivity index (χ4n) is 3.86. The number of anilines is 1. The molecule has 2 N–H and O–H groups in total. The lowest BCUT2D eigenvalue weighted by atomic mass is 9.99. The minimum Gasteiger partial charge on any atom is -0.326 e. The number of halogens is 4. The lowest BCUT2D eigenvalue weighted by Crippen LogP contribution is -2.14. The molecule has 4 aromatic rings. The number of carbonyl (C=O) groups is 1. The van der Waals surface area contributed by atoms with Gasteiger partial charge in [-0.15, -0.1) is 5.10 Å². The highest BCUT2D eigenvalue weighted by molar-refractivity contribution is 6.30. The number of tetrazole rings is 1. The lowest BCUT2D eigenvalue weighted by Gasteiger charge is -2.12. The first-order valence-corrected chi connectivity index (χ1v) is 10.7. The zero-order valence-corrected chi connectivity index (χ0v) is 18.1. The minimum absolute atomic E-state index is 0.120. The SMILES string of the molecule is O=C(Nc1ccc(-c2ccc(C(F)(F)F)nc2)c(-c2nnn[nH]2)c1)C1CC1c1ccc(Cl)cc1. The molecule has 1 aliphatic carbocycles. The number of alkyl halides is 3. The molecule has 1 saturated carbocycles. The Morgan fingerprint density at radius 1 is 1.06 bits per heavy atom. The van der Waals surface area contributed by atoms with Crippen molar-refractivity contribution in [3.05, 3.63) is 77.1 Å². The first kappa shape index (κ1) is 22.0. The van der Waals surface area contributed by atoms with E-state index in [4.69, 9.17) is 11.6 Å². The topological polar surface area (TPSA) is 96.5 Å². The van der Waals surface area contributed by atoms with Gasteiger partial charge in [-0.2, -0.15) is 13.2 Å². The van der Waals surface area contributed by atoms with Crippen LogP contribution in [0.4, 0.5) is 18.9 Å². The van der Waals surface area contributed by atoms with E-state index >= 15 is 0 Å². The number of rotatable bonds is 5. The van der Waals surface area contributed by atoms with Crippen molar-refractivity contribution in [2.45, 2.75) is 18.5 Å². The van der Waals surface area contributed by atoms with Crippen molar-refractivity contribution >= 4 is 23.2 Å². The van der Waals surface area contributed by atoms with Crippen LogP contribution in [0.3, 0.4) is 0 Å². The number of aromatic nitrogens is 5. The molecule has 2 heterocycles. The van der Waals surface area contributed by atoms with Crippen molar-refractivity contribution < 1.29 is 18.0 Å². The van der Waals surface area contributed by atoms with E-state index in [0.717, 1.165) is 24.2 Å². The second-order valence-corrected chi connectivity index (χ2v) is 8.37. The van der Waals surface area contributed by atoms with Gasteiger partial charge in [0, 0.05) is 34.0 Å². The number of H-pyrrole nitrogens is 1. The lowest BCUT2D eigenvalue weighted by molar-refractivity contribution is -0.141. The molecule has 0 spiro atoms. The van der Waals surface area contributed by atoms with Crippen molar-refractivity contribution in [2.24, 2.45) is 5.92 Å². The Morgan fingerprint density at radius 2 is 1.85 bits per heavy atom. The van der Waals surface area contributed by atoms with Crippen LogP contribution in [0.5, 0.6) is 0 Å². The minimum atomic E-state index is -4.53. The molecule has 7 nitrogen and oxygen atoms in total. The van der Waals surface area contributed by atoms with E-state index in [1.807, 2.05) is 12.1 Å². The van der Waals surface area contributed by atoms with Gasteiger partial charge in [-0.1, -0.05) is 35.9 Å². The molecule has 172 valence electrons. The van der Waals surface area contributed by atoms with Crippen molar-refractivity contribution in [3.63, 3.8) is 0 Å². The largest absolute Gasteiger partial charge is 0.433 e. The molecule has 11 heteroatoms. The molecule has 2 aromatic heterocycles. The summed E-state index contributed by atoms with van der Waals surface area (Å²) in [5.41, 5.74) is 2.10. The Bertz CT molecular complexity index is 1320. The number of nitrogens with zero attached hydrogens (tertiary/aromatic N) is 4. The number of aromatic amines is 1. The molecule has 0 saturated heterocycles. The maximum Gasteiger partial charge on any atom is 0.433 e. The number of pyridine rings is 1. The molecule has 5 rings (SSSR count). The molecule has 0 radical (unpaired) electrons. The third-order valence-electron chi connectivity index (χ3n) is 5.68. The molecule has 0 aliphatic heterocycles. The fraction of sp³-hybridized carbons (Fsp3) is 0.174. The monoisotopic (exact) mass is 484 g/mol. The molecular formula is C23H16ClF3N6O. The van der Waals surface area contributed by atoms with Gasteiger partial charge in [0.1, 0.15) is 5.69 Å². The third kappa shape index (κ3) is 4.49. The van der Waals surface area contributed by atoms with Gasteiger partial charge < -0.3 is 5.32 Å². The van der Waals surface area contributed by atoms with Gasteiger partial charge in [-0.05, 0) is 64.2 Å². The Kier molecular flexibility index (Phi) is 5.52. The van der Waals surface area contributed by atoms with Crippen LogP contribution >= 0.6 is 11.6 Å². The molecule has 2 aromatic carbocycles. The summed E-state index contributed by atoms with van der Waals surface area (Å²) >= 11 is 5.94. The van der Waals surface area contributed by atoms with E-state index in [-0.39, 0.29) is 17.7 Å². The number of carbonyl (C=O) groups excluding carboxylic acids is 1. The molecule has 1 aliphatic rings. The number of hydrogen-bond donors (Lipinski definition) is 2. The highest BCUT2D eigenvalue weighted by Crippen LogP contribution is 2.48. The fourth-order valence-corrected chi connectivity index (χ4v) is 3.99. The predicted octanol–water partition coefficient (Wildman–Crippen LogP) is 5.34. The van der Waals surface area contributed by atoms with Gasteiger partial charge in [-0.25, -0.2) is 5.10 Å². The first-order chi connectivity index (χ1) is 16.3. The maximum atomic E-state index is 12.9. The normalized spacial score (nSPS) is 17.4. The van der Waals surface area contributed by atoms with E-state index < -0.39 is 11.9 Å². The van der Waals surface area contributed by atoms with Crippen LogP contribution < -0.4 is 5.32 Å². The Morgan fingerprint density at radius 3 is 2.50 bits per heavy atom. The van der Waals surface area contributed by atoms with Crippen LogP contribution in [0.2, 0.25) is 5.02 Å². The van der Waals surface area contributed by atoms with E-state index in [1.165, 1.54) is 6.07 Å². The standard InChI is InChI=1S/C23H16ClF3N6O/c24-14-4-1-12(2-5-14)17-10-19(17)22(34)29-15-6-7-16(18(9-15)21-30-32-33-31-21)13-3-8-20(28-11-13)23(25,26)27/h1-9,11,17,19H,10H2,(H,29,34)(H,30,31,32,33). The van der Waals surface area contributed by atoms with Crippen LogP contribution in [0.25, 0.3) is 22.5 Å². The first-order valence-electron chi connectivity index (χ1n) is 10.3. The van der Waals surface area contributed by atoms with Gasteiger partial charge in [0.05, 0.1) is 0 Å². The van der Waals surface area contributed by atoms with Gasteiger partial charge in [0.15, 0.2) is 5.82 Å². The van der Waals surface area contributed by atoms with Crippen LogP contribution in [-0.4, -0.2) is 31.5 Å². The van der Waals surface area contributed by atoms with Crippen molar-refractivity contribution in [1.82, 2.24) is 25.6 Å². The molecule has 2 unspecified atom stereocenters. The zero-order chi connectivity index (χ0) is 23.9. The van der Waals surface area contributed by atoms with E-state index in [1.54, 1.807) is 30.3 Å². The number of benzene rings is 2. The van der Waals surface area contributed by atoms with Crippen LogP contribution in [0.1, 0.15) is 23.6 Å². The Hall–Kier alpha value is -3.79. The van der Waals surface area contributed by atoms with E-state index in [2.05, 4.69) is 30.9 Å². The second-order valence-electron chi connectivity index (χ2n) is 7.93. The molecule has 34 heavy (non-hydrogen) atoms. The highest BCUT2D eigenvalue weighted by Gasteiger charge is 2.44. The maximum absolute atomic E-state index is 12.9. The summed E-state index contributed by atoms with van der Waals surface area (Å²) < 4.78 is 38.6. The Labute approximate surface area is 196 Å². The summed E-state index contributed by atoms with van der Waals surface area (Å²) in [5, 5.41) is 17.3. The zero-order valence-electron chi connectivity index (χ0n) is 17.3. The number of nitrogens with one attached hydrogen (secondary N) is 2. The summed E-state index contributed by atoms with van der Waals surface area (Å²) in [6.45, 7) is 0. The van der Waals surface area contributed by atoms with Gasteiger partial charge >= 0.3 is 6.18 Å². The van der Waals surface area contributed by atoms with Crippen molar-refractivity contribution in [2.75, 3.05) is 5.32 Å². The van der Waals surface area contributed by atoms with E-state index in [0.29, 0.717) is 33.2 Å². The molecule has 0 bridgehead atoms. The van der Waals surface area contributed by atoms with Gasteiger partial charge in [0.2, 0.25) is 5.91 Å². The third-order valence-corrected chi connectivity index (χ3v) is 5.93. The van der Waals surface area contributed by atoms with Crippen molar-refractivity contribution in [3.8, 4) is 22.5 Å². The summed E-state index contributed by atoms with van der Waals surface area (Å²) in [6.07, 6.45) is -2.65. The van der Waals surface area contributed by atoms with Gasteiger partial charge in [0.25, 0.3) is 0 Å². The quantitative estimate of drug-likeness (QED) is 0.398. The van der Waals surface area contributed by atoms with Gasteiger partial charge in [-0.3, -0.25) is 9.78 Å². The number of amides is 1. The molecule has 2 atom stereocenters. The number of hydrogen-bond acceptors (Lipinski definition) is 5. The average Bonchev–Trinajstić information content (AvgIpc) is 3.43. The smallest absolute Gasteiger partial charge is 0.326 e. The van der Waals surface area contributed by atoms with E-state index in [9.17, 15) is 18.0 Å². The molecule has 1 amide bonds. The average molecular weight is 485 g/mol. The Balaban J connectivity index is 1.39. The summed E-state index contributed by atoms with van der Waals surface area (Å²) in [6, 6.07) is 14.7. The summed E-state index contributed by atoms with van der Waals surface area (Å²) in [5.74, 6) is 0.157. The van der Waals surface area contributed by atoms with Crippen LogP contribution in [0.15, 0.2) is 60.8 Å². The summed E-state index contributed by atoms with van der Waals surface area (Å²) in [7, 11) is 0. The van der Waals surface area contributed by atoms with Crippen molar-refractivity contribution in [1.29, 1.82) is 0 Å².